The van der Waals surface area contributed by atoms with Crippen molar-refractivity contribution in [1.29, 1.82) is 0 Å². The molecule has 1 N–H and O–H groups in total. The summed E-state index contributed by atoms with van der Waals surface area (Å²) >= 11 is 0. The zero-order chi connectivity index (χ0) is 21.6. The highest BCUT2D eigenvalue weighted by molar-refractivity contribution is 5.84. The first-order chi connectivity index (χ1) is 15.2. The van der Waals surface area contributed by atoms with Crippen molar-refractivity contribution in [2.75, 3.05) is 7.11 Å². The lowest BCUT2D eigenvalue weighted by Gasteiger charge is -2.16. The fourth-order valence-electron chi connectivity index (χ4n) is 3.89. The molecule has 0 saturated carbocycles. The van der Waals surface area contributed by atoms with Crippen LogP contribution in [-0.4, -0.2) is 33.6 Å². The Kier molecular flexibility index (Phi) is 6.26. The van der Waals surface area contributed by atoms with Gasteiger partial charge in [0, 0.05) is 48.5 Å². The van der Waals surface area contributed by atoms with Crippen LogP contribution in [0.5, 0.6) is 5.75 Å². The minimum absolute atomic E-state index is 0.00278. The molecule has 0 fully saturated rings. The Bertz CT molecular complexity index is 1170. The Morgan fingerprint density at radius 1 is 1.10 bits per heavy atom. The molecule has 158 valence electrons. The molecule has 0 aliphatic carbocycles. The Labute approximate surface area is 181 Å². The Morgan fingerprint density at radius 2 is 1.90 bits per heavy atom. The fourth-order valence-corrected chi connectivity index (χ4v) is 3.89. The number of fused-ring (bicyclic) bond motifs is 1. The maximum atomic E-state index is 12.7. The molecule has 1 amide bonds. The summed E-state index contributed by atoms with van der Waals surface area (Å²) in [7, 11) is 1.66. The van der Waals surface area contributed by atoms with Crippen molar-refractivity contribution in [2.45, 2.75) is 32.4 Å². The van der Waals surface area contributed by atoms with Gasteiger partial charge in [0.2, 0.25) is 5.91 Å². The van der Waals surface area contributed by atoms with E-state index in [1.54, 1.807) is 25.7 Å². The van der Waals surface area contributed by atoms with Crippen molar-refractivity contribution < 1.29 is 9.53 Å². The molecule has 0 saturated heterocycles. The van der Waals surface area contributed by atoms with Crippen molar-refractivity contribution in [2.24, 2.45) is 0 Å². The third-order valence-corrected chi connectivity index (χ3v) is 5.32. The first-order valence-electron chi connectivity index (χ1n) is 10.4. The molecule has 1 atom stereocenters. The minimum Gasteiger partial charge on any atom is -0.496 e. The lowest BCUT2D eigenvalue weighted by Crippen LogP contribution is -2.34. The summed E-state index contributed by atoms with van der Waals surface area (Å²) in [6.07, 6.45) is 6.42. The van der Waals surface area contributed by atoms with E-state index >= 15 is 0 Å². The molecule has 4 rings (SSSR count). The Hall–Kier alpha value is -3.67. The van der Waals surface area contributed by atoms with Gasteiger partial charge in [0.1, 0.15) is 11.4 Å². The van der Waals surface area contributed by atoms with E-state index in [0.717, 1.165) is 33.6 Å². The van der Waals surface area contributed by atoms with Gasteiger partial charge in [-0.25, -0.2) is 4.98 Å². The number of nitrogens with zero attached hydrogens (tertiary/aromatic N) is 3. The number of carbonyl (C=O) groups excluding carboxylic acids is 1. The number of amides is 1. The van der Waals surface area contributed by atoms with Gasteiger partial charge in [-0.05, 0) is 55.3 Å². The topological polar surface area (TPSA) is 69.0 Å². The molecule has 31 heavy (non-hydrogen) atoms. The van der Waals surface area contributed by atoms with Gasteiger partial charge in [-0.3, -0.25) is 9.78 Å². The summed E-state index contributed by atoms with van der Waals surface area (Å²) in [5, 5.41) is 4.17. The summed E-state index contributed by atoms with van der Waals surface area (Å²) in [5.41, 5.74) is 4.05. The smallest absolute Gasteiger partial charge is 0.222 e. The number of methoxy groups -OCH3 is 1. The minimum atomic E-state index is 0.00278. The van der Waals surface area contributed by atoms with Gasteiger partial charge in [0.15, 0.2) is 0 Å². The highest BCUT2D eigenvalue weighted by Crippen LogP contribution is 2.27. The number of ether oxygens (including phenoxy) is 1. The van der Waals surface area contributed by atoms with E-state index in [-0.39, 0.29) is 11.9 Å². The molecule has 3 aromatic heterocycles. The highest BCUT2D eigenvalue weighted by atomic mass is 16.5. The van der Waals surface area contributed by atoms with Crippen LogP contribution in [0, 0.1) is 0 Å². The van der Waals surface area contributed by atoms with Crippen molar-refractivity contribution in [3.8, 4) is 17.0 Å². The molecule has 0 aliphatic heterocycles. The second-order valence-electron chi connectivity index (χ2n) is 7.57. The Morgan fingerprint density at radius 3 is 2.71 bits per heavy atom. The number of nitrogens with one attached hydrogen (secondary N) is 1. The number of aromatic nitrogens is 3. The lowest BCUT2D eigenvalue weighted by molar-refractivity contribution is -0.121. The highest BCUT2D eigenvalue weighted by Gasteiger charge is 2.15. The normalized spacial score (nSPS) is 11.9. The summed E-state index contributed by atoms with van der Waals surface area (Å²) in [4.78, 5) is 21.3. The van der Waals surface area contributed by atoms with Gasteiger partial charge in [0.05, 0.1) is 12.8 Å². The summed E-state index contributed by atoms with van der Waals surface area (Å²) in [5.74, 6) is 0.858. The molecule has 6 nitrogen and oxygen atoms in total. The van der Waals surface area contributed by atoms with Gasteiger partial charge < -0.3 is 14.6 Å². The van der Waals surface area contributed by atoms with Crippen LogP contribution in [0.25, 0.3) is 22.3 Å². The van der Waals surface area contributed by atoms with Crippen LogP contribution in [0.2, 0.25) is 0 Å². The summed E-state index contributed by atoms with van der Waals surface area (Å²) < 4.78 is 7.52. The second-order valence-corrected chi connectivity index (χ2v) is 7.57. The molecule has 0 bridgehead atoms. The molecular formula is C25H26N4O2. The quantitative estimate of drug-likeness (QED) is 0.468. The van der Waals surface area contributed by atoms with Gasteiger partial charge >= 0.3 is 0 Å². The molecule has 6 heteroatoms. The van der Waals surface area contributed by atoms with E-state index in [2.05, 4.69) is 25.9 Å². The molecule has 3 heterocycles. The van der Waals surface area contributed by atoms with E-state index < -0.39 is 0 Å². The van der Waals surface area contributed by atoms with Gasteiger partial charge in [-0.15, -0.1) is 0 Å². The molecule has 0 radical (unpaired) electrons. The molecule has 4 aromatic rings. The van der Waals surface area contributed by atoms with Crippen LogP contribution < -0.4 is 10.1 Å². The van der Waals surface area contributed by atoms with Crippen molar-refractivity contribution >= 4 is 16.9 Å². The first kappa shape index (κ1) is 20.6. The van der Waals surface area contributed by atoms with Crippen LogP contribution in [0.15, 0.2) is 73.2 Å². The molecule has 0 aliphatic rings. The van der Waals surface area contributed by atoms with Crippen molar-refractivity contribution in [1.82, 2.24) is 19.9 Å². The zero-order valence-electron chi connectivity index (χ0n) is 17.8. The Balaban J connectivity index is 1.46. The van der Waals surface area contributed by atoms with Gasteiger partial charge in [-0.1, -0.05) is 18.2 Å². The van der Waals surface area contributed by atoms with E-state index in [0.29, 0.717) is 19.4 Å². The predicted octanol–water partition coefficient (Wildman–Crippen LogP) is 4.24. The van der Waals surface area contributed by atoms with E-state index in [9.17, 15) is 4.79 Å². The van der Waals surface area contributed by atoms with Crippen molar-refractivity contribution in [3.63, 3.8) is 0 Å². The number of carbonyl (C=O) groups is 1. The zero-order valence-corrected chi connectivity index (χ0v) is 17.8. The summed E-state index contributed by atoms with van der Waals surface area (Å²) in [6.45, 7) is 2.56. The molecule has 1 unspecified atom stereocenters. The number of aryl methyl sites for hydroxylation is 1. The summed E-state index contributed by atoms with van der Waals surface area (Å²) in [6, 6.07) is 17.9. The fraction of sp³-hybridized carbons (Fsp3) is 0.240. The van der Waals surface area contributed by atoms with Crippen LogP contribution >= 0.6 is 0 Å². The molecular weight excluding hydrogens is 388 g/mol. The number of hydrogen-bond donors (Lipinski definition) is 1. The van der Waals surface area contributed by atoms with Crippen LogP contribution in [0.1, 0.15) is 18.9 Å². The number of hydrogen-bond acceptors (Lipinski definition) is 4. The van der Waals surface area contributed by atoms with E-state index in [1.807, 2.05) is 55.5 Å². The molecule has 0 spiro atoms. The van der Waals surface area contributed by atoms with Crippen LogP contribution in [-0.2, 0) is 17.8 Å². The van der Waals surface area contributed by atoms with E-state index in [1.165, 1.54) is 0 Å². The standard InChI is InChI=1S/C25H26N4O2/c1-18(16-20-6-3-4-8-23(20)31-2)28-24(30)11-15-29-22(19-9-13-26-14-10-19)17-21-7-5-12-27-25(21)29/h3-10,12-14,17-18H,11,15-16H2,1-2H3,(H,28,30). The average molecular weight is 415 g/mol. The second kappa shape index (κ2) is 9.43. The molecule has 1 aromatic carbocycles. The lowest BCUT2D eigenvalue weighted by atomic mass is 10.1. The van der Waals surface area contributed by atoms with Crippen LogP contribution in [0.3, 0.4) is 0 Å². The van der Waals surface area contributed by atoms with Crippen molar-refractivity contribution in [3.05, 3.63) is 78.8 Å². The third kappa shape index (κ3) is 4.74. The monoisotopic (exact) mass is 414 g/mol. The number of para-hydroxylation sites is 1. The number of pyridine rings is 2. The number of rotatable bonds is 8. The SMILES string of the molecule is COc1ccccc1CC(C)NC(=O)CCn1c(-c2ccncc2)cc2cccnc21. The maximum Gasteiger partial charge on any atom is 0.222 e. The maximum absolute atomic E-state index is 12.7. The van der Waals surface area contributed by atoms with Gasteiger partial charge in [0.25, 0.3) is 0 Å². The number of benzene rings is 1. The van der Waals surface area contributed by atoms with Gasteiger partial charge in [-0.2, -0.15) is 0 Å². The van der Waals surface area contributed by atoms with E-state index in [4.69, 9.17) is 4.74 Å². The average Bonchev–Trinajstić information content (AvgIpc) is 3.17. The first-order valence-corrected chi connectivity index (χ1v) is 10.4. The third-order valence-electron chi connectivity index (χ3n) is 5.32. The largest absolute Gasteiger partial charge is 0.496 e. The predicted molar refractivity (Wildman–Crippen MR) is 122 cm³/mol. The van der Waals surface area contributed by atoms with Crippen LogP contribution in [0.4, 0.5) is 0 Å².